The van der Waals surface area contributed by atoms with Crippen molar-refractivity contribution in [2.24, 2.45) is 11.8 Å². The van der Waals surface area contributed by atoms with Gasteiger partial charge >= 0.3 is 0 Å². The third-order valence-electron chi connectivity index (χ3n) is 2.48. The van der Waals surface area contributed by atoms with E-state index in [0.29, 0.717) is 0 Å². The molecule has 0 aromatic carbocycles. The molecule has 2 rings (SSSR count). The molecule has 0 saturated heterocycles. The van der Waals surface area contributed by atoms with E-state index >= 15 is 0 Å². The summed E-state index contributed by atoms with van der Waals surface area (Å²) in [5.41, 5.74) is 0. The first-order valence-electron chi connectivity index (χ1n) is 4.56. The fourth-order valence-electron chi connectivity index (χ4n) is 1.42. The summed E-state index contributed by atoms with van der Waals surface area (Å²) < 4.78 is 0.775. The van der Waals surface area contributed by atoms with Crippen LogP contribution in [-0.4, -0.2) is 11.5 Å². The van der Waals surface area contributed by atoms with Crippen LogP contribution >= 0.6 is 22.9 Å². The Kier molecular flexibility index (Phi) is 2.86. The average Bonchev–Trinajstić information content (AvgIpc) is 2.60. The molecule has 2 unspecified atom stereocenters. The van der Waals surface area contributed by atoms with E-state index in [0.717, 1.165) is 34.3 Å². The minimum absolute atomic E-state index is 0.775. The average molecular weight is 217 g/mol. The van der Waals surface area contributed by atoms with E-state index in [2.05, 4.69) is 17.2 Å². The van der Waals surface area contributed by atoms with E-state index in [1.54, 1.807) is 17.5 Å². The Hall–Kier alpha value is -0.120. The van der Waals surface area contributed by atoms with Crippen LogP contribution in [0.5, 0.6) is 0 Å². The van der Waals surface area contributed by atoms with Gasteiger partial charge in [0, 0.05) is 6.54 Å². The molecule has 0 radical (unpaired) electrons. The Morgan fingerprint density at radius 1 is 1.77 bits per heavy atom. The first kappa shape index (κ1) is 9.44. The van der Waals surface area contributed by atoms with Crippen LogP contribution in [0.3, 0.4) is 0 Å². The van der Waals surface area contributed by atoms with E-state index in [1.807, 2.05) is 0 Å². The number of halogens is 1. The second-order valence-corrected chi connectivity index (χ2v) is 5.41. The summed E-state index contributed by atoms with van der Waals surface area (Å²) in [6.45, 7) is 4.28. The van der Waals surface area contributed by atoms with E-state index in [1.165, 1.54) is 6.42 Å². The van der Waals surface area contributed by atoms with Crippen molar-refractivity contribution >= 4 is 22.9 Å². The standard InChI is InChI=1S/C9H13ClN2S/c1-6-2-7(6)3-11-5-9-12-4-8(10)13-9/h4,6-7,11H,2-3,5H2,1H3. The van der Waals surface area contributed by atoms with Gasteiger partial charge in [-0.05, 0) is 24.8 Å². The van der Waals surface area contributed by atoms with Gasteiger partial charge in [0.15, 0.2) is 0 Å². The van der Waals surface area contributed by atoms with Gasteiger partial charge < -0.3 is 5.32 Å². The van der Waals surface area contributed by atoms with Crippen molar-refractivity contribution in [3.63, 3.8) is 0 Å². The molecule has 0 amide bonds. The molecule has 1 saturated carbocycles. The van der Waals surface area contributed by atoms with Crippen LogP contribution in [0.1, 0.15) is 18.4 Å². The van der Waals surface area contributed by atoms with Gasteiger partial charge in [-0.1, -0.05) is 18.5 Å². The smallest absolute Gasteiger partial charge is 0.113 e. The number of hydrogen-bond donors (Lipinski definition) is 1. The molecule has 1 aromatic heterocycles. The van der Waals surface area contributed by atoms with Crippen molar-refractivity contribution in [3.05, 3.63) is 15.5 Å². The van der Waals surface area contributed by atoms with Gasteiger partial charge in [0.25, 0.3) is 0 Å². The Labute approximate surface area is 87.3 Å². The molecule has 1 aliphatic rings. The van der Waals surface area contributed by atoms with Crippen molar-refractivity contribution in [1.82, 2.24) is 10.3 Å². The monoisotopic (exact) mass is 216 g/mol. The van der Waals surface area contributed by atoms with Crippen LogP contribution in [-0.2, 0) is 6.54 Å². The van der Waals surface area contributed by atoms with Crippen molar-refractivity contribution in [1.29, 1.82) is 0 Å². The number of rotatable bonds is 4. The molecule has 0 spiro atoms. The Morgan fingerprint density at radius 2 is 2.54 bits per heavy atom. The zero-order valence-electron chi connectivity index (χ0n) is 7.59. The molecule has 1 N–H and O–H groups in total. The molecule has 1 fully saturated rings. The summed E-state index contributed by atoms with van der Waals surface area (Å²) in [6.07, 6.45) is 3.09. The molecule has 1 aromatic rings. The SMILES string of the molecule is CC1CC1CNCc1ncc(Cl)s1. The lowest BCUT2D eigenvalue weighted by Crippen LogP contribution is -2.16. The second-order valence-electron chi connectivity index (χ2n) is 3.66. The predicted octanol–water partition coefficient (Wildman–Crippen LogP) is 2.54. The minimum atomic E-state index is 0.775. The van der Waals surface area contributed by atoms with Crippen LogP contribution in [0.15, 0.2) is 6.20 Å². The molecule has 2 atom stereocenters. The lowest BCUT2D eigenvalue weighted by Gasteiger charge is -1.99. The van der Waals surface area contributed by atoms with E-state index in [-0.39, 0.29) is 0 Å². The molecule has 1 heterocycles. The van der Waals surface area contributed by atoms with Gasteiger partial charge in [-0.15, -0.1) is 11.3 Å². The van der Waals surface area contributed by atoms with Gasteiger partial charge in [0.2, 0.25) is 0 Å². The number of nitrogens with one attached hydrogen (secondary N) is 1. The minimum Gasteiger partial charge on any atom is -0.310 e. The van der Waals surface area contributed by atoms with Gasteiger partial charge in [-0.25, -0.2) is 4.98 Å². The molecular formula is C9H13ClN2S. The largest absolute Gasteiger partial charge is 0.310 e. The third kappa shape index (κ3) is 2.66. The summed E-state index contributed by atoms with van der Waals surface area (Å²) in [5, 5.41) is 4.48. The van der Waals surface area contributed by atoms with Crippen molar-refractivity contribution < 1.29 is 0 Å². The van der Waals surface area contributed by atoms with E-state index in [4.69, 9.17) is 11.6 Å². The molecule has 4 heteroatoms. The van der Waals surface area contributed by atoms with Crippen LogP contribution < -0.4 is 5.32 Å². The lowest BCUT2D eigenvalue weighted by molar-refractivity contribution is 0.610. The fraction of sp³-hybridized carbons (Fsp3) is 0.667. The Bertz CT molecular complexity index is 287. The maximum Gasteiger partial charge on any atom is 0.113 e. The van der Waals surface area contributed by atoms with Crippen LogP contribution in [0.25, 0.3) is 0 Å². The summed E-state index contributed by atoms with van der Waals surface area (Å²) in [4.78, 5) is 4.18. The van der Waals surface area contributed by atoms with Crippen LogP contribution in [0.2, 0.25) is 4.34 Å². The molecule has 0 bridgehead atoms. The Morgan fingerprint density at radius 3 is 3.08 bits per heavy atom. The highest BCUT2D eigenvalue weighted by Crippen LogP contribution is 2.36. The first-order valence-corrected chi connectivity index (χ1v) is 5.76. The molecule has 13 heavy (non-hydrogen) atoms. The predicted molar refractivity (Wildman–Crippen MR) is 56.1 cm³/mol. The number of thiazole rings is 1. The lowest BCUT2D eigenvalue weighted by atomic mass is 10.3. The summed E-state index contributed by atoms with van der Waals surface area (Å²) in [5.74, 6) is 1.82. The Balaban J connectivity index is 1.68. The topological polar surface area (TPSA) is 24.9 Å². The highest BCUT2D eigenvalue weighted by molar-refractivity contribution is 7.15. The second kappa shape index (κ2) is 3.95. The molecule has 1 aliphatic carbocycles. The van der Waals surface area contributed by atoms with Crippen LogP contribution in [0, 0.1) is 11.8 Å². The number of hydrogen-bond acceptors (Lipinski definition) is 3. The van der Waals surface area contributed by atoms with Gasteiger partial charge in [0.05, 0.1) is 6.20 Å². The van der Waals surface area contributed by atoms with Crippen molar-refractivity contribution in [3.8, 4) is 0 Å². The summed E-state index contributed by atoms with van der Waals surface area (Å²) in [7, 11) is 0. The highest BCUT2D eigenvalue weighted by atomic mass is 35.5. The normalized spacial score (nSPS) is 26.3. The van der Waals surface area contributed by atoms with E-state index < -0.39 is 0 Å². The van der Waals surface area contributed by atoms with Crippen molar-refractivity contribution in [2.45, 2.75) is 19.9 Å². The maximum absolute atomic E-state index is 5.77. The zero-order chi connectivity index (χ0) is 9.26. The maximum atomic E-state index is 5.77. The van der Waals surface area contributed by atoms with Gasteiger partial charge in [-0.2, -0.15) is 0 Å². The van der Waals surface area contributed by atoms with Crippen LogP contribution in [0.4, 0.5) is 0 Å². The highest BCUT2D eigenvalue weighted by Gasteiger charge is 2.31. The van der Waals surface area contributed by atoms with Gasteiger partial charge in [-0.3, -0.25) is 0 Å². The summed E-state index contributed by atoms with van der Waals surface area (Å²) in [6, 6.07) is 0. The molecule has 2 nitrogen and oxygen atoms in total. The number of aromatic nitrogens is 1. The van der Waals surface area contributed by atoms with Crippen molar-refractivity contribution in [2.75, 3.05) is 6.54 Å². The first-order chi connectivity index (χ1) is 6.25. The molecular weight excluding hydrogens is 204 g/mol. The molecule has 0 aliphatic heterocycles. The zero-order valence-corrected chi connectivity index (χ0v) is 9.16. The molecule has 72 valence electrons. The van der Waals surface area contributed by atoms with Gasteiger partial charge in [0.1, 0.15) is 9.34 Å². The quantitative estimate of drug-likeness (QED) is 0.837. The third-order valence-corrected chi connectivity index (χ3v) is 3.60. The van der Waals surface area contributed by atoms with E-state index in [9.17, 15) is 0 Å². The summed E-state index contributed by atoms with van der Waals surface area (Å²) >= 11 is 7.32. The fourth-order valence-corrected chi connectivity index (χ4v) is 2.34. The number of nitrogens with zero attached hydrogens (tertiary/aromatic N) is 1.